The lowest BCUT2D eigenvalue weighted by atomic mass is 10.0. The quantitative estimate of drug-likeness (QED) is 0.896. The molecule has 1 aliphatic heterocycles. The van der Waals surface area contributed by atoms with Crippen molar-refractivity contribution in [3.8, 4) is 0 Å². The summed E-state index contributed by atoms with van der Waals surface area (Å²) < 4.78 is 5.44. The third-order valence-electron chi connectivity index (χ3n) is 3.68. The normalized spacial score (nSPS) is 20.7. The maximum atomic E-state index is 12.2. The van der Waals surface area contributed by atoms with Gasteiger partial charge in [-0.1, -0.05) is 0 Å². The molecule has 2 amide bonds. The minimum Gasteiger partial charge on any atom is -0.466 e. The predicted octanol–water partition coefficient (Wildman–Crippen LogP) is 1.35. The number of furan rings is 1. The van der Waals surface area contributed by atoms with E-state index in [1.807, 2.05) is 26.8 Å². The summed E-state index contributed by atoms with van der Waals surface area (Å²) in [4.78, 5) is 25.6. The number of rotatable bonds is 3. The summed E-state index contributed by atoms with van der Waals surface area (Å²) in [7, 11) is 1.75. The molecule has 0 saturated carbocycles. The van der Waals surface area contributed by atoms with Gasteiger partial charge in [0.1, 0.15) is 17.6 Å². The number of carbonyl (C=O) groups excluding carboxylic acids is 2. The van der Waals surface area contributed by atoms with Gasteiger partial charge in [-0.3, -0.25) is 9.59 Å². The molecule has 1 N–H and O–H groups in total. The highest BCUT2D eigenvalue weighted by molar-refractivity contribution is 5.91. The van der Waals surface area contributed by atoms with Crippen LogP contribution in [0, 0.1) is 13.8 Å². The summed E-state index contributed by atoms with van der Waals surface area (Å²) in [5.41, 5.74) is 0.883. The van der Waals surface area contributed by atoms with Gasteiger partial charge < -0.3 is 14.6 Å². The number of aryl methyl sites for hydroxylation is 2. The van der Waals surface area contributed by atoms with Crippen molar-refractivity contribution >= 4 is 11.8 Å². The maximum absolute atomic E-state index is 12.2. The van der Waals surface area contributed by atoms with Gasteiger partial charge in [0.25, 0.3) is 0 Å². The van der Waals surface area contributed by atoms with Crippen LogP contribution in [0.15, 0.2) is 10.5 Å². The smallest absolute Gasteiger partial charge is 0.244 e. The molecular formula is C14H20N2O3. The van der Waals surface area contributed by atoms with Crippen LogP contribution in [0.2, 0.25) is 0 Å². The van der Waals surface area contributed by atoms with Gasteiger partial charge in [0.15, 0.2) is 0 Å². The Hall–Kier alpha value is -1.78. The van der Waals surface area contributed by atoms with Crippen molar-refractivity contribution in [2.45, 2.75) is 39.2 Å². The molecule has 0 bridgehead atoms. The zero-order chi connectivity index (χ0) is 14.2. The molecule has 5 nitrogen and oxygen atoms in total. The number of likely N-dealkylation sites (N-methyl/N-ethyl adjacent to an activating group) is 1. The van der Waals surface area contributed by atoms with Crippen molar-refractivity contribution in [1.82, 2.24) is 10.2 Å². The van der Waals surface area contributed by atoms with Crippen LogP contribution >= 0.6 is 0 Å². The molecule has 1 aromatic rings. The van der Waals surface area contributed by atoms with E-state index in [0.29, 0.717) is 13.0 Å². The molecule has 2 heterocycles. The second kappa shape index (κ2) is 5.07. The molecule has 0 unspecified atom stereocenters. The first-order chi connectivity index (χ1) is 8.90. The van der Waals surface area contributed by atoms with E-state index in [9.17, 15) is 9.59 Å². The van der Waals surface area contributed by atoms with Crippen LogP contribution in [0.4, 0.5) is 0 Å². The molecule has 0 aliphatic carbocycles. The molecule has 104 valence electrons. The Morgan fingerprint density at radius 3 is 2.68 bits per heavy atom. The Kier molecular flexibility index (Phi) is 3.64. The van der Waals surface area contributed by atoms with Crippen LogP contribution in [0.3, 0.4) is 0 Å². The predicted molar refractivity (Wildman–Crippen MR) is 70.8 cm³/mol. The van der Waals surface area contributed by atoms with Gasteiger partial charge >= 0.3 is 0 Å². The number of nitrogens with one attached hydrogen (secondary N) is 1. The maximum Gasteiger partial charge on any atom is 0.244 e. The van der Waals surface area contributed by atoms with Gasteiger partial charge in [-0.2, -0.15) is 0 Å². The Balaban J connectivity index is 2.04. The molecule has 0 radical (unpaired) electrons. The van der Waals surface area contributed by atoms with Gasteiger partial charge in [-0.15, -0.1) is 0 Å². The molecule has 2 atom stereocenters. The SMILES string of the molecule is Cc1cc([C@H](C)C(=O)N[C@@H]2CCN(C)C2=O)c(C)o1. The molecule has 1 aliphatic rings. The number of amides is 2. The summed E-state index contributed by atoms with van der Waals surface area (Å²) in [5.74, 6) is 1.10. The summed E-state index contributed by atoms with van der Waals surface area (Å²) >= 11 is 0. The summed E-state index contributed by atoms with van der Waals surface area (Å²) in [6.45, 7) is 6.23. The van der Waals surface area contributed by atoms with E-state index in [1.165, 1.54) is 0 Å². The number of hydrogen-bond donors (Lipinski definition) is 1. The Labute approximate surface area is 113 Å². The summed E-state index contributed by atoms with van der Waals surface area (Å²) in [6, 6.07) is 1.50. The summed E-state index contributed by atoms with van der Waals surface area (Å²) in [5, 5.41) is 2.82. The zero-order valence-electron chi connectivity index (χ0n) is 11.8. The van der Waals surface area contributed by atoms with Crippen LogP contribution < -0.4 is 5.32 Å². The van der Waals surface area contributed by atoms with Crippen LogP contribution in [0.5, 0.6) is 0 Å². The first-order valence-corrected chi connectivity index (χ1v) is 6.52. The molecule has 19 heavy (non-hydrogen) atoms. The van der Waals surface area contributed by atoms with E-state index in [2.05, 4.69) is 5.32 Å². The van der Waals surface area contributed by atoms with Gasteiger partial charge in [0.05, 0.1) is 5.92 Å². The molecule has 0 spiro atoms. The number of carbonyl (C=O) groups is 2. The number of hydrogen-bond acceptors (Lipinski definition) is 3. The van der Waals surface area contributed by atoms with Crippen LogP contribution in [0.1, 0.15) is 36.3 Å². The lowest BCUT2D eigenvalue weighted by Crippen LogP contribution is -2.42. The van der Waals surface area contributed by atoms with E-state index in [4.69, 9.17) is 4.42 Å². The van der Waals surface area contributed by atoms with Crippen molar-refractivity contribution in [3.63, 3.8) is 0 Å². The summed E-state index contributed by atoms with van der Waals surface area (Å²) in [6.07, 6.45) is 0.678. The fourth-order valence-electron chi connectivity index (χ4n) is 2.47. The number of nitrogens with zero attached hydrogens (tertiary/aromatic N) is 1. The third kappa shape index (κ3) is 2.64. The van der Waals surface area contributed by atoms with E-state index < -0.39 is 0 Å². The van der Waals surface area contributed by atoms with Crippen LogP contribution in [-0.4, -0.2) is 36.3 Å². The first kappa shape index (κ1) is 13.6. The Bertz CT molecular complexity index is 507. The van der Waals surface area contributed by atoms with E-state index in [1.54, 1.807) is 11.9 Å². The number of likely N-dealkylation sites (tertiary alicyclic amines) is 1. The Morgan fingerprint density at radius 1 is 1.53 bits per heavy atom. The van der Waals surface area contributed by atoms with Gasteiger partial charge in [0.2, 0.25) is 11.8 Å². The average molecular weight is 264 g/mol. The highest BCUT2D eigenvalue weighted by Crippen LogP contribution is 2.23. The fourth-order valence-corrected chi connectivity index (χ4v) is 2.47. The van der Waals surface area contributed by atoms with E-state index in [0.717, 1.165) is 17.1 Å². The van der Waals surface area contributed by atoms with E-state index >= 15 is 0 Å². The molecule has 0 aromatic carbocycles. The minimum absolute atomic E-state index is 0.0133. The third-order valence-corrected chi connectivity index (χ3v) is 3.68. The second-order valence-electron chi connectivity index (χ2n) is 5.20. The highest BCUT2D eigenvalue weighted by Gasteiger charge is 2.32. The Morgan fingerprint density at radius 2 is 2.21 bits per heavy atom. The molecular weight excluding hydrogens is 244 g/mol. The van der Waals surface area contributed by atoms with Crippen molar-refractivity contribution in [2.24, 2.45) is 0 Å². The molecule has 1 aromatic heterocycles. The lowest BCUT2D eigenvalue weighted by molar-refractivity contribution is -0.132. The largest absolute Gasteiger partial charge is 0.466 e. The lowest BCUT2D eigenvalue weighted by Gasteiger charge is -2.16. The molecule has 1 saturated heterocycles. The van der Waals surface area contributed by atoms with Crippen molar-refractivity contribution in [1.29, 1.82) is 0 Å². The van der Waals surface area contributed by atoms with E-state index in [-0.39, 0.29) is 23.8 Å². The first-order valence-electron chi connectivity index (χ1n) is 6.52. The topological polar surface area (TPSA) is 62.6 Å². The van der Waals surface area contributed by atoms with Crippen LogP contribution in [-0.2, 0) is 9.59 Å². The van der Waals surface area contributed by atoms with Gasteiger partial charge in [-0.25, -0.2) is 0 Å². The van der Waals surface area contributed by atoms with Crippen molar-refractivity contribution in [3.05, 3.63) is 23.2 Å². The molecule has 5 heteroatoms. The highest BCUT2D eigenvalue weighted by atomic mass is 16.3. The standard InChI is InChI=1S/C14H20N2O3/c1-8-7-11(10(3)19-8)9(2)13(17)15-12-5-6-16(4)14(12)18/h7,9,12H,5-6H2,1-4H3,(H,15,17)/t9-,12+/m0/s1. The molecule has 1 fully saturated rings. The minimum atomic E-state index is -0.381. The van der Waals surface area contributed by atoms with Gasteiger partial charge in [0, 0.05) is 19.2 Å². The second-order valence-corrected chi connectivity index (χ2v) is 5.20. The average Bonchev–Trinajstić information content (AvgIpc) is 2.84. The molecule has 2 rings (SSSR count). The monoisotopic (exact) mass is 264 g/mol. The van der Waals surface area contributed by atoms with Crippen molar-refractivity contribution in [2.75, 3.05) is 13.6 Å². The fraction of sp³-hybridized carbons (Fsp3) is 0.571. The zero-order valence-corrected chi connectivity index (χ0v) is 11.8. The van der Waals surface area contributed by atoms with Gasteiger partial charge in [-0.05, 0) is 33.3 Å². The van der Waals surface area contributed by atoms with Crippen LogP contribution in [0.25, 0.3) is 0 Å². The van der Waals surface area contributed by atoms with Crippen molar-refractivity contribution < 1.29 is 14.0 Å².